The van der Waals surface area contributed by atoms with E-state index in [1.807, 2.05) is 0 Å². The topological polar surface area (TPSA) is 39.2 Å². The Bertz CT molecular complexity index is 437. The number of hydrogen-bond acceptors (Lipinski definition) is 3. The lowest BCUT2D eigenvalue weighted by Gasteiger charge is -1.95. The second-order valence-electron chi connectivity index (χ2n) is 2.46. The third-order valence-corrected chi connectivity index (χ3v) is 2.24. The van der Waals surface area contributed by atoms with Crippen molar-refractivity contribution in [3.63, 3.8) is 0 Å². The summed E-state index contributed by atoms with van der Waals surface area (Å²) in [6, 6.07) is 1.57. The first-order valence-corrected chi connectivity index (χ1v) is 5.30. The van der Waals surface area contributed by atoms with Crippen LogP contribution in [0.1, 0.15) is 12.5 Å². The Morgan fingerprint density at radius 1 is 1.73 bits per heavy atom. The Morgan fingerprint density at radius 3 is 3.13 bits per heavy atom. The van der Waals surface area contributed by atoms with Gasteiger partial charge in [0.1, 0.15) is 5.15 Å². The summed E-state index contributed by atoms with van der Waals surface area (Å²) in [4.78, 5) is 14.8. The van der Waals surface area contributed by atoms with E-state index in [9.17, 15) is 4.79 Å². The van der Waals surface area contributed by atoms with E-state index in [2.05, 4.69) is 37.5 Å². The number of esters is 1. The van der Waals surface area contributed by atoms with Gasteiger partial charge in [-0.3, -0.25) is 0 Å². The van der Waals surface area contributed by atoms with Crippen LogP contribution in [0.25, 0.3) is 0 Å². The molecule has 0 aliphatic rings. The predicted molar refractivity (Wildman–Crippen MR) is 60.5 cm³/mol. The summed E-state index contributed by atoms with van der Waals surface area (Å²) in [5.41, 5.74) is 0.600. The van der Waals surface area contributed by atoms with E-state index in [1.54, 1.807) is 13.0 Å². The molecule has 0 saturated heterocycles. The van der Waals surface area contributed by atoms with Gasteiger partial charge in [-0.15, -0.1) is 0 Å². The zero-order chi connectivity index (χ0) is 11.3. The van der Waals surface area contributed by atoms with Gasteiger partial charge < -0.3 is 4.74 Å². The van der Waals surface area contributed by atoms with Crippen molar-refractivity contribution in [3.8, 4) is 11.8 Å². The van der Waals surface area contributed by atoms with Crippen molar-refractivity contribution in [2.75, 3.05) is 6.61 Å². The van der Waals surface area contributed by atoms with Crippen LogP contribution in [0.3, 0.4) is 0 Å². The molecule has 0 aliphatic heterocycles. The highest BCUT2D eigenvalue weighted by Gasteiger charge is 1.99. The average Bonchev–Trinajstić information content (AvgIpc) is 2.20. The van der Waals surface area contributed by atoms with Crippen LogP contribution in [-0.2, 0) is 9.53 Å². The Morgan fingerprint density at radius 2 is 2.47 bits per heavy atom. The van der Waals surface area contributed by atoms with E-state index >= 15 is 0 Å². The number of pyridine rings is 1. The molecule has 0 bridgehead atoms. The average molecular weight is 289 g/mol. The van der Waals surface area contributed by atoms with Gasteiger partial charge in [0.05, 0.1) is 11.1 Å². The van der Waals surface area contributed by atoms with Gasteiger partial charge in [-0.05, 0) is 28.9 Å². The van der Waals surface area contributed by atoms with Crippen molar-refractivity contribution in [2.45, 2.75) is 6.92 Å². The van der Waals surface area contributed by atoms with E-state index in [-0.39, 0.29) is 0 Å². The van der Waals surface area contributed by atoms with Crippen molar-refractivity contribution >= 4 is 33.5 Å². The lowest BCUT2D eigenvalue weighted by molar-refractivity contribution is -0.136. The van der Waals surface area contributed by atoms with Crippen molar-refractivity contribution in [2.24, 2.45) is 0 Å². The molecular weight excluding hydrogens is 281 g/mol. The minimum Gasteiger partial charge on any atom is -0.456 e. The minimum atomic E-state index is -0.558. The molecule has 1 aromatic rings. The summed E-state index contributed by atoms with van der Waals surface area (Å²) in [5.74, 6) is 4.42. The lowest BCUT2D eigenvalue weighted by Crippen LogP contribution is -1.99. The first-order chi connectivity index (χ1) is 7.13. The molecule has 0 amide bonds. The molecule has 3 nitrogen and oxygen atoms in total. The molecule has 0 N–H and O–H groups in total. The van der Waals surface area contributed by atoms with Crippen LogP contribution >= 0.6 is 27.5 Å². The maximum absolute atomic E-state index is 11.0. The highest BCUT2D eigenvalue weighted by atomic mass is 79.9. The minimum absolute atomic E-state index is 0.311. The van der Waals surface area contributed by atoms with E-state index in [1.165, 1.54) is 6.20 Å². The second kappa shape index (κ2) is 5.74. The molecule has 0 fully saturated rings. The molecule has 0 atom stereocenters. The molecule has 1 rings (SSSR count). The van der Waals surface area contributed by atoms with Crippen LogP contribution in [0.15, 0.2) is 16.7 Å². The van der Waals surface area contributed by atoms with Gasteiger partial charge >= 0.3 is 5.97 Å². The largest absolute Gasteiger partial charge is 0.456 e. The smallest absolute Gasteiger partial charge is 0.384 e. The van der Waals surface area contributed by atoms with Gasteiger partial charge in [-0.2, -0.15) is 0 Å². The summed E-state index contributed by atoms with van der Waals surface area (Å²) in [6.45, 7) is 2.03. The Labute approximate surface area is 101 Å². The summed E-state index contributed by atoms with van der Waals surface area (Å²) >= 11 is 8.92. The summed E-state index contributed by atoms with van der Waals surface area (Å²) in [5, 5.41) is 0.325. The number of aromatic nitrogens is 1. The number of carbonyl (C=O) groups excluding carboxylic acids is 1. The molecule has 1 aromatic heterocycles. The highest BCUT2D eigenvalue weighted by Crippen LogP contribution is 2.17. The van der Waals surface area contributed by atoms with Crippen LogP contribution < -0.4 is 0 Å². The zero-order valence-corrected chi connectivity index (χ0v) is 10.2. The van der Waals surface area contributed by atoms with Crippen molar-refractivity contribution < 1.29 is 9.53 Å². The quantitative estimate of drug-likeness (QED) is 0.452. The first-order valence-electron chi connectivity index (χ1n) is 4.13. The summed E-state index contributed by atoms with van der Waals surface area (Å²) in [6.07, 6.45) is 1.53. The Hall–Kier alpha value is -1.05. The fourth-order valence-electron chi connectivity index (χ4n) is 0.795. The molecule has 0 aliphatic carbocycles. The molecule has 0 spiro atoms. The van der Waals surface area contributed by atoms with Crippen LogP contribution in [0.2, 0.25) is 5.15 Å². The van der Waals surface area contributed by atoms with Gasteiger partial charge in [0.2, 0.25) is 0 Å². The molecule has 5 heteroatoms. The van der Waals surface area contributed by atoms with Crippen molar-refractivity contribution in [3.05, 3.63) is 27.5 Å². The maximum atomic E-state index is 11.0. The summed E-state index contributed by atoms with van der Waals surface area (Å²) < 4.78 is 5.34. The number of rotatable bonds is 1. The molecule has 0 unspecified atom stereocenters. The predicted octanol–water partition coefficient (Wildman–Crippen LogP) is 2.41. The summed E-state index contributed by atoms with van der Waals surface area (Å²) in [7, 11) is 0. The van der Waals surface area contributed by atoms with Gasteiger partial charge in [0.15, 0.2) is 0 Å². The molecule has 0 aromatic carbocycles. The molecule has 0 saturated carbocycles. The fraction of sp³-hybridized carbons (Fsp3) is 0.200. The van der Waals surface area contributed by atoms with Gasteiger partial charge in [0.25, 0.3) is 0 Å². The second-order valence-corrected chi connectivity index (χ2v) is 3.70. The third kappa shape index (κ3) is 3.90. The van der Waals surface area contributed by atoms with Crippen LogP contribution in [0.4, 0.5) is 0 Å². The lowest BCUT2D eigenvalue weighted by atomic mass is 10.3. The zero-order valence-electron chi connectivity index (χ0n) is 7.88. The van der Waals surface area contributed by atoms with Gasteiger partial charge in [0, 0.05) is 17.7 Å². The molecule has 15 heavy (non-hydrogen) atoms. The van der Waals surface area contributed by atoms with E-state index in [4.69, 9.17) is 11.6 Å². The number of carbonyl (C=O) groups is 1. The molecule has 78 valence electrons. The fourth-order valence-corrected chi connectivity index (χ4v) is 1.27. The van der Waals surface area contributed by atoms with Crippen LogP contribution in [-0.4, -0.2) is 17.6 Å². The van der Waals surface area contributed by atoms with Crippen molar-refractivity contribution in [1.82, 2.24) is 4.98 Å². The maximum Gasteiger partial charge on any atom is 0.384 e. The number of halogens is 2. The Kier molecular flexibility index (Phi) is 4.60. The molecule has 0 radical (unpaired) electrons. The SMILES string of the molecule is CCOC(=O)C#Cc1cc(Cl)ncc1Br. The van der Waals surface area contributed by atoms with Crippen molar-refractivity contribution in [1.29, 1.82) is 0 Å². The molecular formula is C10H7BrClNO2. The first kappa shape index (κ1) is 12.0. The van der Waals surface area contributed by atoms with E-state index in [0.29, 0.717) is 21.8 Å². The van der Waals surface area contributed by atoms with E-state index in [0.717, 1.165) is 0 Å². The Balaban J connectivity index is 2.88. The van der Waals surface area contributed by atoms with Gasteiger partial charge in [-0.1, -0.05) is 17.5 Å². The molecule has 1 heterocycles. The number of hydrogen-bond donors (Lipinski definition) is 0. The monoisotopic (exact) mass is 287 g/mol. The standard InChI is InChI=1S/C10H7BrClNO2/c1-2-15-10(14)4-3-7-5-9(12)13-6-8(7)11/h5-6H,2H2,1H3. The third-order valence-electron chi connectivity index (χ3n) is 1.40. The van der Waals surface area contributed by atoms with Crippen LogP contribution in [0.5, 0.6) is 0 Å². The highest BCUT2D eigenvalue weighted by molar-refractivity contribution is 9.10. The van der Waals surface area contributed by atoms with E-state index < -0.39 is 5.97 Å². The van der Waals surface area contributed by atoms with Gasteiger partial charge in [-0.25, -0.2) is 9.78 Å². The normalized spacial score (nSPS) is 9.00. The number of ether oxygens (including phenoxy) is 1. The van der Waals surface area contributed by atoms with Crippen LogP contribution in [0, 0.1) is 11.8 Å². The number of nitrogens with zero attached hydrogens (tertiary/aromatic N) is 1.